The van der Waals surface area contributed by atoms with Crippen LogP contribution in [-0.4, -0.2) is 38.4 Å². The number of hydrazone groups is 1. The molecule has 25 heavy (non-hydrogen) atoms. The van der Waals surface area contributed by atoms with Crippen LogP contribution < -0.4 is 5.43 Å². The predicted octanol–water partition coefficient (Wildman–Crippen LogP) is 2.07. The molecule has 0 aromatic heterocycles. The van der Waals surface area contributed by atoms with Crippen LogP contribution in [0, 0.1) is 13.8 Å². The molecule has 7 heteroatoms. The Morgan fingerprint density at radius 3 is 2.44 bits per heavy atom. The number of nitrogens with one attached hydrogen (secondary N) is 1. The Morgan fingerprint density at radius 2 is 1.80 bits per heavy atom. The molecular formula is C18H21N3O3S. The van der Waals surface area contributed by atoms with E-state index in [1.165, 1.54) is 25.4 Å². The number of carbonyl (C=O) groups is 1. The van der Waals surface area contributed by atoms with Gasteiger partial charge in [-0.1, -0.05) is 47.5 Å². The summed E-state index contributed by atoms with van der Waals surface area (Å²) in [5, 5.41) is 3.86. The molecule has 2 rings (SSSR count). The monoisotopic (exact) mass is 359 g/mol. The normalized spacial score (nSPS) is 11.8. The van der Waals surface area contributed by atoms with Crippen molar-refractivity contribution in [3.05, 3.63) is 65.2 Å². The number of sulfonamides is 1. The van der Waals surface area contributed by atoms with Gasteiger partial charge in [0.1, 0.15) is 0 Å². The number of hydrogen-bond donors (Lipinski definition) is 1. The van der Waals surface area contributed by atoms with Gasteiger partial charge in [0, 0.05) is 7.05 Å². The van der Waals surface area contributed by atoms with Crippen LogP contribution in [0.3, 0.4) is 0 Å². The van der Waals surface area contributed by atoms with Crippen molar-refractivity contribution in [2.24, 2.45) is 5.10 Å². The number of carbonyl (C=O) groups excluding carboxylic acids is 1. The molecule has 0 aliphatic carbocycles. The summed E-state index contributed by atoms with van der Waals surface area (Å²) in [6.45, 7) is 3.52. The van der Waals surface area contributed by atoms with Crippen molar-refractivity contribution in [3.63, 3.8) is 0 Å². The smallest absolute Gasteiger partial charge is 0.255 e. The SMILES string of the molecule is Cc1ccc(S(=O)(=O)N(C)CC(=O)N/N=C\c2cccc(C)c2)cc1. The lowest BCUT2D eigenvalue weighted by atomic mass is 10.2. The highest BCUT2D eigenvalue weighted by Gasteiger charge is 2.22. The summed E-state index contributed by atoms with van der Waals surface area (Å²) >= 11 is 0. The largest absolute Gasteiger partial charge is 0.272 e. The van der Waals surface area contributed by atoms with Crippen LogP contribution in [0.4, 0.5) is 0 Å². The lowest BCUT2D eigenvalue weighted by Gasteiger charge is -2.16. The van der Waals surface area contributed by atoms with Crippen molar-refractivity contribution in [2.45, 2.75) is 18.7 Å². The van der Waals surface area contributed by atoms with Gasteiger partial charge in [0.05, 0.1) is 17.7 Å². The molecule has 1 N–H and O–H groups in total. The van der Waals surface area contributed by atoms with Gasteiger partial charge in [0.2, 0.25) is 10.0 Å². The Labute approximate surface area is 148 Å². The van der Waals surface area contributed by atoms with E-state index in [2.05, 4.69) is 10.5 Å². The highest BCUT2D eigenvalue weighted by Crippen LogP contribution is 2.14. The fraction of sp³-hybridized carbons (Fsp3) is 0.222. The highest BCUT2D eigenvalue weighted by atomic mass is 32.2. The van der Waals surface area contributed by atoms with E-state index in [0.29, 0.717) is 0 Å². The quantitative estimate of drug-likeness (QED) is 0.633. The van der Waals surface area contributed by atoms with Gasteiger partial charge in [-0.3, -0.25) is 4.79 Å². The molecule has 0 aliphatic rings. The number of nitrogens with zero attached hydrogens (tertiary/aromatic N) is 2. The van der Waals surface area contributed by atoms with Gasteiger partial charge < -0.3 is 0 Å². The third kappa shape index (κ3) is 5.23. The lowest BCUT2D eigenvalue weighted by molar-refractivity contribution is -0.121. The summed E-state index contributed by atoms with van der Waals surface area (Å²) < 4.78 is 25.8. The van der Waals surface area contributed by atoms with Crippen LogP contribution in [-0.2, 0) is 14.8 Å². The van der Waals surface area contributed by atoms with E-state index < -0.39 is 15.9 Å². The fourth-order valence-electron chi connectivity index (χ4n) is 2.14. The first-order valence-corrected chi connectivity index (χ1v) is 9.14. The summed E-state index contributed by atoms with van der Waals surface area (Å²) in [5.74, 6) is -0.512. The maximum Gasteiger partial charge on any atom is 0.255 e. The van der Waals surface area contributed by atoms with Crippen molar-refractivity contribution in [1.29, 1.82) is 0 Å². The molecular weight excluding hydrogens is 338 g/mol. The molecule has 0 radical (unpaired) electrons. The Hall–Kier alpha value is -2.51. The Kier molecular flexibility index (Phi) is 6.06. The summed E-state index contributed by atoms with van der Waals surface area (Å²) in [6, 6.07) is 14.1. The third-order valence-electron chi connectivity index (χ3n) is 3.54. The molecule has 0 atom stereocenters. The molecule has 0 bridgehead atoms. The Morgan fingerprint density at radius 1 is 1.12 bits per heavy atom. The molecule has 6 nitrogen and oxygen atoms in total. The van der Waals surface area contributed by atoms with E-state index in [1.807, 2.05) is 38.1 Å². The molecule has 0 saturated carbocycles. The average molecular weight is 359 g/mol. The highest BCUT2D eigenvalue weighted by molar-refractivity contribution is 7.89. The van der Waals surface area contributed by atoms with Crippen LogP contribution in [0.1, 0.15) is 16.7 Å². The molecule has 132 valence electrons. The topological polar surface area (TPSA) is 78.8 Å². The first-order valence-electron chi connectivity index (χ1n) is 7.70. The maximum atomic E-state index is 12.4. The van der Waals surface area contributed by atoms with Crippen LogP contribution in [0.5, 0.6) is 0 Å². The second-order valence-electron chi connectivity index (χ2n) is 5.78. The number of amides is 1. The van der Waals surface area contributed by atoms with E-state index in [0.717, 1.165) is 21.0 Å². The summed E-state index contributed by atoms with van der Waals surface area (Å²) in [5.41, 5.74) is 5.23. The van der Waals surface area contributed by atoms with E-state index in [4.69, 9.17) is 0 Å². The first-order chi connectivity index (χ1) is 11.8. The average Bonchev–Trinajstić information content (AvgIpc) is 2.55. The van der Waals surface area contributed by atoms with Crippen molar-refractivity contribution in [3.8, 4) is 0 Å². The van der Waals surface area contributed by atoms with Crippen LogP contribution >= 0.6 is 0 Å². The van der Waals surface area contributed by atoms with Gasteiger partial charge in [0.25, 0.3) is 5.91 Å². The maximum absolute atomic E-state index is 12.4. The van der Waals surface area contributed by atoms with Crippen molar-refractivity contribution < 1.29 is 13.2 Å². The zero-order chi connectivity index (χ0) is 18.4. The van der Waals surface area contributed by atoms with E-state index in [-0.39, 0.29) is 11.4 Å². The predicted molar refractivity (Wildman–Crippen MR) is 97.9 cm³/mol. The molecule has 0 fully saturated rings. The Balaban J connectivity index is 1.96. The minimum Gasteiger partial charge on any atom is -0.272 e. The Bertz CT molecular complexity index is 875. The van der Waals surface area contributed by atoms with Gasteiger partial charge in [-0.25, -0.2) is 13.8 Å². The zero-order valence-electron chi connectivity index (χ0n) is 14.4. The van der Waals surface area contributed by atoms with Gasteiger partial charge >= 0.3 is 0 Å². The number of rotatable bonds is 6. The molecule has 2 aromatic rings. The van der Waals surface area contributed by atoms with Crippen molar-refractivity contribution in [2.75, 3.05) is 13.6 Å². The van der Waals surface area contributed by atoms with Crippen molar-refractivity contribution >= 4 is 22.1 Å². The van der Waals surface area contributed by atoms with Crippen LogP contribution in [0.2, 0.25) is 0 Å². The van der Waals surface area contributed by atoms with Gasteiger partial charge in [-0.2, -0.15) is 9.41 Å². The molecule has 0 unspecified atom stereocenters. The molecule has 1 amide bonds. The summed E-state index contributed by atoms with van der Waals surface area (Å²) in [7, 11) is -2.35. The molecule has 2 aromatic carbocycles. The second-order valence-corrected chi connectivity index (χ2v) is 7.83. The zero-order valence-corrected chi connectivity index (χ0v) is 15.2. The fourth-order valence-corrected chi connectivity index (χ4v) is 3.27. The van der Waals surface area contributed by atoms with Gasteiger partial charge in [-0.15, -0.1) is 0 Å². The van der Waals surface area contributed by atoms with Crippen LogP contribution in [0.15, 0.2) is 58.5 Å². The lowest BCUT2D eigenvalue weighted by Crippen LogP contribution is -2.36. The van der Waals surface area contributed by atoms with Crippen molar-refractivity contribution in [1.82, 2.24) is 9.73 Å². The summed E-state index contributed by atoms with van der Waals surface area (Å²) in [4.78, 5) is 12.1. The number of benzene rings is 2. The molecule has 0 saturated heterocycles. The number of likely N-dealkylation sites (N-methyl/N-ethyl adjacent to an activating group) is 1. The number of aryl methyl sites for hydroxylation is 2. The van der Waals surface area contributed by atoms with Crippen LogP contribution in [0.25, 0.3) is 0 Å². The molecule has 0 aliphatic heterocycles. The molecule has 0 spiro atoms. The van der Waals surface area contributed by atoms with E-state index in [9.17, 15) is 13.2 Å². The third-order valence-corrected chi connectivity index (χ3v) is 5.36. The van der Waals surface area contributed by atoms with E-state index >= 15 is 0 Å². The van der Waals surface area contributed by atoms with Gasteiger partial charge in [-0.05, 0) is 31.5 Å². The summed E-state index contributed by atoms with van der Waals surface area (Å²) in [6.07, 6.45) is 1.51. The van der Waals surface area contributed by atoms with E-state index in [1.54, 1.807) is 12.1 Å². The first kappa shape index (κ1) is 18.8. The number of hydrogen-bond acceptors (Lipinski definition) is 4. The minimum atomic E-state index is -3.71. The second kappa shape index (κ2) is 8.04. The van der Waals surface area contributed by atoms with Gasteiger partial charge in [0.15, 0.2) is 0 Å². The minimum absolute atomic E-state index is 0.150. The molecule has 0 heterocycles. The standard InChI is InChI=1S/C18H21N3O3S/c1-14-7-9-17(10-8-14)25(23,24)21(3)13-18(22)20-19-12-16-6-4-5-15(2)11-16/h4-12H,13H2,1-3H3,(H,20,22)/b19-12-.